The van der Waals surface area contributed by atoms with E-state index in [1.165, 1.54) is 35.6 Å². The molecule has 3 aromatic rings. The predicted octanol–water partition coefficient (Wildman–Crippen LogP) is 4.41. The van der Waals surface area contributed by atoms with Gasteiger partial charge in [0.25, 0.3) is 15.9 Å². The minimum atomic E-state index is -3.74. The zero-order valence-corrected chi connectivity index (χ0v) is 16.4. The number of nitrogens with one attached hydrogen (secondary N) is 1. The first-order valence-corrected chi connectivity index (χ1v) is 10.9. The number of sulfonamides is 1. The van der Waals surface area contributed by atoms with E-state index in [-0.39, 0.29) is 10.8 Å². The summed E-state index contributed by atoms with van der Waals surface area (Å²) in [7, 11) is -3.74. The monoisotopic (exact) mass is 418 g/mol. The van der Waals surface area contributed by atoms with Gasteiger partial charge in [0.05, 0.1) is 15.5 Å². The van der Waals surface area contributed by atoms with Crippen molar-refractivity contribution in [3.8, 4) is 0 Å². The van der Waals surface area contributed by atoms with Crippen LogP contribution in [0.25, 0.3) is 0 Å². The van der Waals surface area contributed by atoms with E-state index in [0.717, 1.165) is 17.7 Å². The van der Waals surface area contributed by atoms with E-state index in [1.54, 1.807) is 23.1 Å². The molecule has 1 aromatic heterocycles. The molecule has 0 saturated heterocycles. The van der Waals surface area contributed by atoms with Crippen molar-refractivity contribution in [1.29, 1.82) is 0 Å². The number of carbonyl (C=O) groups excluding carboxylic acids is 1. The van der Waals surface area contributed by atoms with Gasteiger partial charge >= 0.3 is 0 Å². The molecule has 1 amide bonds. The Bertz CT molecular complexity index is 1090. The van der Waals surface area contributed by atoms with Crippen LogP contribution in [-0.2, 0) is 16.4 Å². The number of thiophene rings is 1. The number of rotatable bonds is 4. The predicted molar refractivity (Wildman–Crippen MR) is 108 cm³/mol. The highest BCUT2D eigenvalue weighted by molar-refractivity contribution is 7.92. The Morgan fingerprint density at radius 1 is 1.11 bits per heavy atom. The number of benzene rings is 2. The molecule has 4 rings (SSSR count). The number of hydrogen-bond acceptors (Lipinski definition) is 4. The lowest BCUT2D eigenvalue weighted by Crippen LogP contribution is -2.28. The second kappa shape index (κ2) is 6.99. The molecule has 0 aliphatic carbocycles. The fourth-order valence-electron chi connectivity index (χ4n) is 3.01. The molecular formula is C19H15ClN2O3S2. The molecule has 0 bridgehead atoms. The summed E-state index contributed by atoms with van der Waals surface area (Å²) in [6.07, 6.45) is 0.747. The molecule has 1 aliphatic heterocycles. The van der Waals surface area contributed by atoms with Gasteiger partial charge in [-0.05, 0) is 59.8 Å². The molecule has 138 valence electrons. The maximum absolute atomic E-state index is 12.7. The molecule has 8 heteroatoms. The van der Waals surface area contributed by atoms with Gasteiger partial charge in [0.15, 0.2) is 0 Å². The van der Waals surface area contributed by atoms with E-state index in [1.807, 2.05) is 17.5 Å². The second-order valence-corrected chi connectivity index (χ2v) is 9.15. The number of hydrogen-bond donors (Lipinski definition) is 1. The van der Waals surface area contributed by atoms with Crippen molar-refractivity contribution in [3.63, 3.8) is 0 Å². The zero-order chi connectivity index (χ0) is 19.0. The summed E-state index contributed by atoms with van der Waals surface area (Å²) in [5.74, 6) is -0.0681. The van der Waals surface area contributed by atoms with Gasteiger partial charge in [0.1, 0.15) is 0 Å². The van der Waals surface area contributed by atoms with Crippen LogP contribution in [0.4, 0.5) is 11.4 Å². The van der Waals surface area contributed by atoms with E-state index in [2.05, 4.69) is 4.72 Å². The van der Waals surface area contributed by atoms with Gasteiger partial charge in [0, 0.05) is 17.3 Å². The summed E-state index contributed by atoms with van der Waals surface area (Å²) in [5.41, 5.74) is 2.17. The first kappa shape index (κ1) is 18.0. The third-order valence-electron chi connectivity index (χ3n) is 4.33. The minimum Gasteiger partial charge on any atom is -0.307 e. The summed E-state index contributed by atoms with van der Waals surface area (Å²) >= 11 is 7.21. The van der Waals surface area contributed by atoms with Gasteiger partial charge in [-0.25, -0.2) is 8.42 Å². The highest BCUT2D eigenvalue weighted by Crippen LogP contribution is 2.33. The Balaban J connectivity index is 1.62. The quantitative estimate of drug-likeness (QED) is 0.682. The van der Waals surface area contributed by atoms with Crippen molar-refractivity contribution >= 4 is 50.2 Å². The molecule has 27 heavy (non-hydrogen) atoms. The Kier molecular flexibility index (Phi) is 4.67. The summed E-state index contributed by atoms with van der Waals surface area (Å²) in [6.45, 7) is 0.583. The molecule has 5 nitrogen and oxygen atoms in total. The Labute approximate surface area is 166 Å². The lowest BCUT2D eigenvalue weighted by atomic mass is 10.1. The van der Waals surface area contributed by atoms with E-state index in [4.69, 9.17) is 11.6 Å². The molecule has 0 saturated carbocycles. The van der Waals surface area contributed by atoms with Crippen molar-refractivity contribution in [1.82, 2.24) is 0 Å². The topological polar surface area (TPSA) is 66.5 Å². The fourth-order valence-corrected chi connectivity index (χ4v) is 4.86. The Morgan fingerprint density at radius 2 is 1.89 bits per heavy atom. The van der Waals surface area contributed by atoms with Crippen molar-refractivity contribution < 1.29 is 13.2 Å². The third-order valence-corrected chi connectivity index (χ3v) is 6.84. The van der Waals surface area contributed by atoms with Gasteiger partial charge < -0.3 is 4.90 Å². The van der Waals surface area contributed by atoms with Gasteiger partial charge in [-0.1, -0.05) is 23.7 Å². The fraction of sp³-hybridized carbons (Fsp3) is 0.105. The van der Waals surface area contributed by atoms with E-state index < -0.39 is 10.0 Å². The number of halogens is 1. The molecule has 2 aromatic carbocycles. The van der Waals surface area contributed by atoms with Crippen molar-refractivity contribution in [3.05, 3.63) is 75.4 Å². The maximum atomic E-state index is 12.7. The van der Waals surface area contributed by atoms with Gasteiger partial charge in [-0.3, -0.25) is 9.52 Å². The summed E-state index contributed by atoms with van der Waals surface area (Å²) in [4.78, 5) is 15.2. The molecule has 0 fully saturated rings. The maximum Gasteiger partial charge on any atom is 0.268 e. The average Bonchev–Trinajstić information content (AvgIpc) is 3.31. The SMILES string of the molecule is O=C(c1cccs1)N1CCc2ccc(NS(=O)(=O)c3ccc(Cl)cc3)cc21. The molecule has 1 aliphatic rings. The highest BCUT2D eigenvalue weighted by atomic mass is 35.5. The summed E-state index contributed by atoms with van der Waals surface area (Å²) in [5, 5.41) is 2.33. The molecule has 2 heterocycles. The van der Waals surface area contributed by atoms with Crippen LogP contribution in [0.3, 0.4) is 0 Å². The zero-order valence-electron chi connectivity index (χ0n) is 14.1. The lowest BCUT2D eigenvalue weighted by Gasteiger charge is -2.17. The second-order valence-electron chi connectivity index (χ2n) is 6.09. The summed E-state index contributed by atoms with van der Waals surface area (Å²) in [6, 6.07) is 14.9. The third kappa shape index (κ3) is 3.58. The summed E-state index contributed by atoms with van der Waals surface area (Å²) < 4.78 is 27.7. The number of anilines is 2. The number of fused-ring (bicyclic) bond motifs is 1. The van der Waals surface area contributed by atoms with Gasteiger partial charge in [-0.2, -0.15) is 0 Å². The van der Waals surface area contributed by atoms with Gasteiger partial charge in [0.2, 0.25) is 0 Å². The average molecular weight is 419 g/mol. The molecular weight excluding hydrogens is 404 g/mol. The van der Waals surface area contributed by atoms with Crippen molar-refractivity contribution in [2.24, 2.45) is 0 Å². The van der Waals surface area contributed by atoms with Crippen molar-refractivity contribution in [2.45, 2.75) is 11.3 Å². The number of nitrogens with zero attached hydrogens (tertiary/aromatic N) is 1. The first-order valence-electron chi connectivity index (χ1n) is 8.21. The Hall–Kier alpha value is -2.35. The molecule has 0 atom stereocenters. The van der Waals surface area contributed by atoms with E-state index in [0.29, 0.717) is 22.1 Å². The standard InChI is InChI=1S/C19H15ClN2O3S2/c20-14-4-7-16(8-5-14)27(24,25)21-15-6-3-13-9-10-22(17(13)12-15)19(23)18-2-1-11-26-18/h1-8,11-12,21H,9-10H2. The first-order chi connectivity index (χ1) is 12.9. The van der Waals surface area contributed by atoms with Crippen molar-refractivity contribution in [2.75, 3.05) is 16.2 Å². The van der Waals surface area contributed by atoms with Crippen LogP contribution >= 0.6 is 22.9 Å². The Morgan fingerprint density at radius 3 is 2.59 bits per heavy atom. The number of carbonyl (C=O) groups is 1. The van der Waals surface area contributed by atoms with E-state index >= 15 is 0 Å². The van der Waals surface area contributed by atoms with Crippen LogP contribution < -0.4 is 9.62 Å². The van der Waals surface area contributed by atoms with E-state index in [9.17, 15) is 13.2 Å². The van der Waals surface area contributed by atoms with Crippen LogP contribution in [0.2, 0.25) is 5.02 Å². The van der Waals surface area contributed by atoms with Crippen LogP contribution in [0.5, 0.6) is 0 Å². The normalized spacial score (nSPS) is 13.4. The van der Waals surface area contributed by atoms with Crippen LogP contribution in [-0.4, -0.2) is 20.9 Å². The smallest absolute Gasteiger partial charge is 0.268 e. The minimum absolute atomic E-state index is 0.0681. The molecule has 0 unspecified atom stereocenters. The molecule has 1 N–H and O–H groups in total. The van der Waals surface area contributed by atoms with Gasteiger partial charge in [-0.15, -0.1) is 11.3 Å². The number of amides is 1. The lowest BCUT2D eigenvalue weighted by molar-refractivity contribution is 0.0993. The molecule has 0 radical (unpaired) electrons. The largest absolute Gasteiger partial charge is 0.307 e. The van der Waals surface area contributed by atoms with Crippen LogP contribution in [0, 0.1) is 0 Å². The van der Waals surface area contributed by atoms with Crippen LogP contribution in [0.15, 0.2) is 64.9 Å². The highest BCUT2D eigenvalue weighted by Gasteiger charge is 2.27. The molecule has 0 spiro atoms. The van der Waals surface area contributed by atoms with Crippen LogP contribution in [0.1, 0.15) is 15.2 Å².